The molecule has 0 atom stereocenters. The van der Waals surface area contributed by atoms with E-state index < -0.39 is 0 Å². The molecule has 0 saturated heterocycles. The fourth-order valence-electron chi connectivity index (χ4n) is 1.82. The number of aryl methyl sites for hydroxylation is 1. The summed E-state index contributed by atoms with van der Waals surface area (Å²) < 4.78 is 1.62. The van der Waals surface area contributed by atoms with Gasteiger partial charge in [0.15, 0.2) is 0 Å². The molecule has 0 bridgehead atoms. The minimum Gasteiger partial charge on any atom is -0.300 e. The number of carbonyl (C=O) groups is 1. The van der Waals surface area contributed by atoms with Crippen molar-refractivity contribution in [1.82, 2.24) is 9.55 Å². The zero-order chi connectivity index (χ0) is 11.0. The van der Waals surface area contributed by atoms with Crippen molar-refractivity contribution in [2.45, 2.75) is 32.7 Å². The molecule has 15 heavy (non-hydrogen) atoms. The molecular weight excluding hydrogens is 216 g/mol. The third-order valence-electron chi connectivity index (χ3n) is 2.50. The molecule has 80 valence electrons. The largest absolute Gasteiger partial charge is 0.300 e. The number of carbonyl (C=O) groups excluding carboxylic acids is 1. The molecule has 1 aromatic rings. The van der Waals surface area contributed by atoms with Gasteiger partial charge in [-0.15, -0.1) is 0 Å². The predicted octanol–water partition coefficient (Wildman–Crippen LogP) is 0.974. The molecule has 0 fully saturated rings. The summed E-state index contributed by atoms with van der Waals surface area (Å²) in [5.41, 5.74) is 0.174. The number of Topliss-reactive ketones (excluding diaryl/α,β-unsaturated/α-hetero) is 1. The Kier molecular flexibility index (Phi) is 2.61. The van der Waals surface area contributed by atoms with Gasteiger partial charge in [-0.25, -0.2) is 4.98 Å². The summed E-state index contributed by atoms with van der Waals surface area (Å²) in [5, 5.41) is 0.184. The fraction of sp³-hybridized carbons (Fsp3) is 0.500. The maximum Gasteiger partial charge on any atom is 0.258 e. The molecule has 0 aliphatic carbocycles. The summed E-state index contributed by atoms with van der Waals surface area (Å²) in [7, 11) is 0. The van der Waals surface area contributed by atoms with Gasteiger partial charge in [0.25, 0.3) is 5.56 Å². The van der Waals surface area contributed by atoms with Crippen LogP contribution in [0.5, 0.6) is 0 Å². The lowest BCUT2D eigenvalue weighted by atomic mass is 10.2. The van der Waals surface area contributed by atoms with Crippen molar-refractivity contribution in [2.75, 3.05) is 0 Å². The van der Waals surface area contributed by atoms with Crippen LogP contribution in [0.3, 0.4) is 0 Å². The first-order chi connectivity index (χ1) is 7.09. The van der Waals surface area contributed by atoms with Crippen LogP contribution < -0.4 is 5.56 Å². The van der Waals surface area contributed by atoms with Gasteiger partial charge >= 0.3 is 0 Å². The Hall–Kier alpha value is -1.16. The van der Waals surface area contributed by atoms with Crippen LogP contribution in [0.15, 0.2) is 4.79 Å². The third kappa shape index (κ3) is 1.81. The summed E-state index contributed by atoms with van der Waals surface area (Å²) in [4.78, 5) is 27.0. The summed E-state index contributed by atoms with van der Waals surface area (Å²) in [5.74, 6) is 0.659. The molecule has 2 heterocycles. The van der Waals surface area contributed by atoms with Gasteiger partial charge in [0.05, 0.1) is 5.56 Å². The lowest BCUT2D eigenvalue weighted by molar-refractivity contribution is -0.116. The Balaban J connectivity index is 2.56. The highest BCUT2D eigenvalue weighted by molar-refractivity contribution is 6.30. The number of hydrogen-bond acceptors (Lipinski definition) is 3. The summed E-state index contributed by atoms with van der Waals surface area (Å²) >= 11 is 5.88. The average Bonchev–Trinajstić information content (AvgIpc) is 2.59. The zero-order valence-corrected chi connectivity index (χ0v) is 9.17. The third-order valence-corrected chi connectivity index (χ3v) is 2.81. The maximum absolute atomic E-state index is 11.9. The van der Waals surface area contributed by atoms with Crippen molar-refractivity contribution >= 4 is 17.4 Å². The van der Waals surface area contributed by atoms with Crippen molar-refractivity contribution in [1.29, 1.82) is 0 Å². The van der Waals surface area contributed by atoms with E-state index in [-0.39, 0.29) is 22.9 Å². The Morgan fingerprint density at radius 1 is 1.60 bits per heavy atom. The lowest BCUT2D eigenvalue weighted by Crippen LogP contribution is -2.26. The van der Waals surface area contributed by atoms with Crippen molar-refractivity contribution in [2.24, 2.45) is 0 Å². The second-order valence-electron chi connectivity index (χ2n) is 3.74. The van der Waals surface area contributed by atoms with Gasteiger partial charge in [-0.2, -0.15) is 0 Å². The first kappa shape index (κ1) is 10.4. The number of aromatic nitrogens is 2. The molecule has 0 amide bonds. The Morgan fingerprint density at radius 2 is 2.33 bits per heavy atom. The van der Waals surface area contributed by atoms with E-state index in [1.54, 1.807) is 4.57 Å². The van der Waals surface area contributed by atoms with Crippen LogP contribution in [0.2, 0.25) is 5.15 Å². The minimum atomic E-state index is -0.155. The van der Waals surface area contributed by atoms with Gasteiger partial charge in [-0.05, 0) is 13.3 Å². The first-order valence-electron chi connectivity index (χ1n) is 4.87. The number of ketones is 1. The quantitative estimate of drug-likeness (QED) is 0.707. The van der Waals surface area contributed by atoms with Crippen LogP contribution in [0.4, 0.5) is 0 Å². The van der Waals surface area contributed by atoms with E-state index in [1.807, 2.05) is 0 Å². The van der Waals surface area contributed by atoms with Gasteiger partial charge < -0.3 is 0 Å². The first-order valence-corrected chi connectivity index (χ1v) is 5.25. The van der Waals surface area contributed by atoms with Crippen LogP contribution in [0, 0.1) is 0 Å². The number of nitrogens with zero attached hydrogens (tertiary/aromatic N) is 2. The molecule has 4 nitrogen and oxygen atoms in total. The molecule has 0 saturated carbocycles. The molecule has 0 spiro atoms. The molecular formula is C10H11ClN2O2. The topological polar surface area (TPSA) is 52.0 Å². The van der Waals surface area contributed by atoms with Crippen molar-refractivity contribution in [3.63, 3.8) is 0 Å². The molecule has 0 radical (unpaired) electrons. The molecule has 0 N–H and O–H groups in total. The molecule has 1 aliphatic heterocycles. The van der Waals surface area contributed by atoms with Gasteiger partial charge in [-0.3, -0.25) is 14.2 Å². The molecule has 1 aromatic heterocycles. The fourth-order valence-corrected chi connectivity index (χ4v) is 2.07. The second kappa shape index (κ2) is 3.77. The predicted molar refractivity (Wildman–Crippen MR) is 56.2 cm³/mol. The van der Waals surface area contributed by atoms with Crippen LogP contribution in [0.25, 0.3) is 0 Å². The van der Waals surface area contributed by atoms with Crippen molar-refractivity contribution in [3.05, 3.63) is 26.9 Å². The maximum atomic E-state index is 11.9. The standard InChI is InChI=1S/C10H11ClN2O2/c1-6(14)5-7-9(11)12-8-3-2-4-13(8)10(7)15/h2-5H2,1H3. The monoisotopic (exact) mass is 226 g/mol. The van der Waals surface area contributed by atoms with Crippen molar-refractivity contribution < 1.29 is 4.79 Å². The van der Waals surface area contributed by atoms with Crippen LogP contribution >= 0.6 is 11.6 Å². The lowest BCUT2D eigenvalue weighted by Gasteiger charge is -2.06. The van der Waals surface area contributed by atoms with E-state index in [0.717, 1.165) is 18.7 Å². The Bertz CT molecular complexity index is 479. The highest BCUT2D eigenvalue weighted by Gasteiger charge is 2.19. The molecule has 0 aromatic carbocycles. The minimum absolute atomic E-state index is 0.0744. The van der Waals surface area contributed by atoms with E-state index in [2.05, 4.69) is 4.98 Å². The molecule has 1 aliphatic rings. The number of halogens is 1. The second-order valence-corrected chi connectivity index (χ2v) is 4.09. The molecule has 0 unspecified atom stereocenters. The highest BCUT2D eigenvalue weighted by Crippen LogP contribution is 2.16. The number of rotatable bonds is 2. The highest BCUT2D eigenvalue weighted by atomic mass is 35.5. The van der Waals surface area contributed by atoms with Crippen molar-refractivity contribution in [3.8, 4) is 0 Å². The van der Waals surface area contributed by atoms with Crippen LogP contribution in [-0.2, 0) is 24.2 Å². The Labute approximate surface area is 91.9 Å². The van der Waals surface area contributed by atoms with Gasteiger partial charge in [-0.1, -0.05) is 11.6 Å². The van der Waals surface area contributed by atoms with Gasteiger partial charge in [0, 0.05) is 19.4 Å². The molecule has 2 rings (SSSR count). The summed E-state index contributed by atoms with van der Waals surface area (Å²) in [6.45, 7) is 2.12. The van der Waals surface area contributed by atoms with E-state index in [9.17, 15) is 9.59 Å². The normalized spacial score (nSPS) is 14.0. The number of fused-ring (bicyclic) bond motifs is 1. The van der Waals surface area contributed by atoms with Gasteiger partial charge in [0.2, 0.25) is 0 Å². The van der Waals surface area contributed by atoms with E-state index in [0.29, 0.717) is 12.1 Å². The van der Waals surface area contributed by atoms with Crippen LogP contribution in [0.1, 0.15) is 24.7 Å². The smallest absolute Gasteiger partial charge is 0.258 e. The SMILES string of the molecule is CC(=O)Cc1c(Cl)nc2n(c1=O)CCC2. The van der Waals surface area contributed by atoms with E-state index in [1.165, 1.54) is 6.92 Å². The molecule has 5 heteroatoms. The summed E-state index contributed by atoms with van der Waals surface area (Å²) in [6, 6.07) is 0. The van der Waals surface area contributed by atoms with Gasteiger partial charge in [0.1, 0.15) is 16.8 Å². The average molecular weight is 227 g/mol. The van der Waals surface area contributed by atoms with Crippen LogP contribution in [-0.4, -0.2) is 15.3 Å². The summed E-state index contributed by atoms with van der Waals surface area (Å²) in [6.07, 6.45) is 1.78. The van der Waals surface area contributed by atoms with E-state index in [4.69, 9.17) is 11.6 Å². The Morgan fingerprint density at radius 3 is 3.00 bits per heavy atom. The zero-order valence-electron chi connectivity index (χ0n) is 8.42. The van der Waals surface area contributed by atoms with E-state index >= 15 is 0 Å². The number of hydrogen-bond donors (Lipinski definition) is 0.